The van der Waals surface area contributed by atoms with E-state index in [1.807, 2.05) is 6.07 Å². The van der Waals surface area contributed by atoms with Crippen molar-refractivity contribution in [3.63, 3.8) is 0 Å². The normalized spacial score (nSPS) is 14.4. The third-order valence-corrected chi connectivity index (χ3v) is 4.14. The predicted molar refractivity (Wildman–Crippen MR) is 88.3 cm³/mol. The Kier molecular flexibility index (Phi) is 6.50. The van der Waals surface area contributed by atoms with Gasteiger partial charge in [0.25, 0.3) is 0 Å². The van der Waals surface area contributed by atoms with Gasteiger partial charge < -0.3 is 10.2 Å². The van der Waals surface area contributed by atoms with Gasteiger partial charge in [0.05, 0.1) is 0 Å². The van der Waals surface area contributed by atoms with Crippen LogP contribution in [0.1, 0.15) is 57.9 Å². The van der Waals surface area contributed by atoms with Crippen LogP contribution in [0.25, 0.3) is 0 Å². The maximum absolute atomic E-state index is 14.3. The largest absolute Gasteiger partial charge is 0.371 e. The molecule has 1 aliphatic carbocycles. The number of benzene rings is 1. The van der Waals surface area contributed by atoms with E-state index in [4.69, 9.17) is 0 Å². The van der Waals surface area contributed by atoms with Crippen LogP contribution in [0, 0.1) is 5.82 Å². The van der Waals surface area contributed by atoms with Crippen LogP contribution >= 0.6 is 0 Å². The Balaban J connectivity index is 2.13. The van der Waals surface area contributed by atoms with Gasteiger partial charge in [0.15, 0.2) is 0 Å². The molecule has 0 aromatic heterocycles. The number of nitrogens with one attached hydrogen (secondary N) is 1. The molecule has 2 nitrogen and oxygen atoms in total. The summed E-state index contributed by atoms with van der Waals surface area (Å²) in [5, 5.41) is 3.45. The lowest BCUT2D eigenvalue weighted by Gasteiger charge is -2.27. The second-order valence-electron chi connectivity index (χ2n) is 6.09. The maximum Gasteiger partial charge on any atom is 0.129 e. The summed E-state index contributed by atoms with van der Waals surface area (Å²) in [6.07, 6.45) is 7.14. The second kappa shape index (κ2) is 8.38. The van der Waals surface area contributed by atoms with E-state index in [9.17, 15) is 4.39 Å². The fourth-order valence-corrected chi connectivity index (χ4v) is 2.60. The number of unbranched alkanes of at least 4 members (excludes halogenated alkanes) is 2. The number of anilines is 1. The van der Waals surface area contributed by atoms with Gasteiger partial charge >= 0.3 is 0 Å². The molecular formula is C18H29FN2. The average molecular weight is 292 g/mol. The van der Waals surface area contributed by atoms with Gasteiger partial charge in [-0.05, 0) is 37.8 Å². The summed E-state index contributed by atoms with van der Waals surface area (Å²) in [4.78, 5) is 2.37. The average Bonchev–Trinajstić information content (AvgIpc) is 3.30. The molecular weight excluding hydrogens is 263 g/mol. The van der Waals surface area contributed by atoms with Crippen LogP contribution < -0.4 is 10.2 Å². The molecule has 0 bridgehead atoms. The topological polar surface area (TPSA) is 15.3 Å². The molecule has 1 aromatic carbocycles. The van der Waals surface area contributed by atoms with Gasteiger partial charge in [-0.3, -0.25) is 0 Å². The van der Waals surface area contributed by atoms with Crippen molar-refractivity contribution in [3.8, 4) is 0 Å². The zero-order valence-electron chi connectivity index (χ0n) is 13.5. The van der Waals surface area contributed by atoms with Crippen LogP contribution in [0.3, 0.4) is 0 Å². The molecule has 3 heteroatoms. The monoisotopic (exact) mass is 292 g/mol. The molecule has 1 aromatic rings. The molecule has 2 rings (SSSR count). The van der Waals surface area contributed by atoms with Gasteiger partial charge in [0, 0.05) is 36.9 Å². The van der Waals surface area contributed by atoms with Crippen LogP contribution in [0.15, 0.2) is 18.2 Å². The highest BCUT2D eigenvalue weighted by atomic mass is 19.1. The number of nitrogens with zero attached hydrogens (tertiary/aromatic N) is 1. The second-order valence-corrected chi connectivity index (χ2v) is 6.09. The van der Waals surface area contributed by atoms with Crippen molar-refractivity contribution >= 4 is 5.69 Å². The van der Waals surface area contributed by atoms with Crippen molar-refractivity contribution in [2.45, 2.75) is 65.0 Å². The molecule has 21 heavy (non-hydrogen) atoms. The molecule has 1 N–H and O–H groups in total. The molecule has 0 radical (unpaired) electrons. The van der Waals surface area contributed by atoms with Gasteiger partial charge in [-0.15, -0.1) is 0 Å². The first-order valence-corrected chi connectivity index (χ1v) is 8.52. The maximum atomic E-state index is 14.3. The molecule has 118 valence electrons. The lowest BCUT2D eigenvalue weighted by Crippen LogP contribution is -2.28. The number of hydrogen-bond acceptors (Lipinski definition) is 2. The molecule has 0 spiro atoms. The molecule has 1 saturated carbocycles. The summed E-state index contributed by atoms with van der Waals surface area (Å²) in [6, 6.07) is 6.12. The highest BCUT2D eigenvalue weighted by Gasteiger charge is 2.22. The zero-order chi connectivity index (χ0) is 15.1. The molecule has 1 aliphatic rings. The van der Waals surface area contributed by atoms with E-state index < -0.39 is 0 Å². The van der Waals surface area contributed by atoms with E-state index in [0.29, 0.717) is 12.6 Å². The summed E-state index contributed by atoms with van der Waals surface area (Å²) < 4.78 is 14.3. The SMILES string of the molecule is CCCCN(CCCC)c1cccc(F)c1CNC1CC1. The Hall–Kier alpha value is -1.09. The fraction of sp³-hybridized carbons (Fsp3) is 0.667. The summed E-state index contributed by atoms with van der Waals surface area (Å²) in [5.74, 6) is -0.0707. The quantitative estimate of drug-likeness (QED) is 0.684. The minimum Gasteiger partial charge on any atom is -0.371 e. The summed E-state index contributed by atoms with van der Waals surface area (Å²) >= 11 is 0. The summed E-state index contributed by atoms with van der Waals surface area (Å²) in [7, 11) is 0. The van der Waals surface area contributed by atoms with Gasteiger partial charge in [0.2, 0.25) is 0 Å². The van der Waals surface area contributed by atoms with Crippen LogP contribution in [0.5, 0.6) is 0 Å². The Morgan fingerprint density at radius 3 is 2.38 bits per heavy atom. The molecule has 0 unspecified atom stereocenters. The standard InChI is InChI=1S/C18H29FN2/c1-3-5-12-21(13-6-4-2)18-9-7-8-17(19)16(18)14-20-15-10-11-15/h7-9,15,20H,3-6,10-14H2,1-2H3. The number of rotatable bonds is 10. The van der Waals surface area contributed by atoms with Crippen molar-refractivity contribution in [3.05, 3.63) is 29.6 Å². The first-order valence-electron chi connectivity index (χ1n) is 8.52. The van der Waals surface area contributed by atoms with Crippen molar-refractivity contribution < 1.29 is 4.39 Å². The highest BCUT2D eigenvalue weighted by molar-refractivity contribution is 5.54. The third kappa shape index (κ3) is 4.99. The van der Waals surface area contributed by atoms with Crippen molar-refractivity contribution in [2.24, 2.45) is 0 Å². The first kappa shape index (κ1) is 16.3. The van der Waals surface area contributed by atoms with E-state index in [2.05, 4.69) is 30.1 Å². The van der Waals surface area contributed by atoms with Gasteiger partial charge in [-0.2, -0.15) is 0 Å². The Morgan fingerprint density at radius 1 is 1.14 bits per heavy atom. The Bertz CT molecular complexity index is 421. The van der Waals surface area contributed by atoms with Crippen LogP contribution in [-0.4, -0.2) is 19.1 Å². The van der Waals surface area contributed by atoms with Crippen molar-refractivity contribution in [1.82, 2.24) is 5.32 Å². The Labute approximate surface area is 128 Å². The molecule has 0 saturated heterocycles. The third-order valence-electron chi connectivity index (χ3n) is 4.14. The van der Waals surface area contributed by atoms with Crippen LogP contribution in [0.4, 0.5) is 10.1 Å². The van der Waals surface area contributed by atoms with E-state index in [1.54, 1.807) is 6.07 Å². The van der Waals surface area contributed by atoms with Gasteiger partial charge in [-0.25, -0.2) is 4.39 Å². The molecule has 0 aliphatic heterocycles. The summed E-state index contributed by atoms with van der Waals surface area (Å²) in [6.45, 7) is 7.12. The van der Waals surface area contributed by atoms with Gasteiger partial charge in [-0.1, -0.05) is 32.8 Å². The molecule has 0 heterocycles. The minimum atomic E-state index is -0.0707. The van der Waals surface area contributed by atoms with E-state index >= 15 is 0 Å². The molecule has 0 atom stereocenters. The van der Waals surface area contributed by atoms with E-state index in [0.717, 1.165) is 37.2 Å². The lowest BCUT2D eigenvalue weighted by atomic mass is 10.1. The smallest absolute Gasteiger partial charge is 0.129 e. The highest BCUT2D eigenvalue weighted by Crippen LogP contribution is 2.26. The number of hydrogen-bond donors (Lipinski definition) is 1. The van der Waals surface area contributed by atoms with Crippen LogP contribution in [0.2, 0.25) is 0 Å². The molecule has 0 amide bonds. The van der Waals surface area contributed by atoms with E-state index in [1.165, 1.54) is 25.7 Å². The summed E-state index contributed by atoms with van der Waals surface area (Å²) in [5.41, 5.74) is 1.93. The van der Waals surface area contributed by atoms with Crippen molar-refractivity contribution in [1.29, 1.82) is 0 Å². The van der Waals surface area contributed by atoms with E-state index in [-0.39, 0.29) is 5.82 Å². The minimum absolute atomic E-state index is 0.0707. The van der Waals surface area contributed by atoms with Crippen LogP contribution in [-0.2, 0) is 6.54 Å². The molecule has 1 fully saturated rings. The fourth-order valence-electron chi connectivity index (χ4n) is 2.60. The van der Waals surface area contributed by atoms with Crippen molar-refractivity contribution in [2.75, 3.05) is 18.0 Å². The van der Waals surface area contributed by atoms with Gasteiger partial charge in [0.1, 0.15) is 5.82 Å². The zero-order valence-corrected chi connectivity index (χ0v) is 13.5. The number of halogens is 1. The predicted octanol–water partition coefficient (Wildman–Crippen LogP) is 4.48. The first-order chi connectivity index (χ1) is 10.3. The Morgan fingerprint density at radius 2 is 1.81 bits per heavy atom. The lowest BCUT2D eigenvalue weighted by molar-refractivity contribution is 0.582.